The fourth-order valence-corrected chi connectivity index (χ4v) is 0.552. The maximum Gasteiger partial charge on any atom is 0.240 e. The first-order valence-electron chi connectivity index (χ1n) is 3.34. The molecular weight excluding hydrogens is 100 g/mol. The molecule has 3 aliphatic rings. The van der Waals surface area contributed by atoms with Crippen molar-refractivity contribution in [1.29, 1.82) is 0 Å². The fourth-order valence-electron chi connectivity index (χ4n) is 0.552. The van der Waals surface area contributed by atoms with Crippen molar-refractivity contribution in [3.63, 3.8) is 0 Å². The smallest absolute Gasteiger partial charge is 0.240 e. The molecule has 3 saturated heterocycles. The average molecular weight is 111 g/mol. The SMILES string of the molecule is C1C2C[N+]12.C1C[N]C1. The molecule has 0 aromatic carbocycles. The van der Waals surface area contributed by atoms with E-state index in [4.69, 9.17) is 0 Å². The topological polar surface area (TPSA) is 20.0 Å². The van der Waals surface area contributed by atoms with Gasteiger partial charge in [-0.05, 0) is 6.42 Å². The van der Waals surface area contributed by atoms with Crippen LogP contribution >= 0.6 is 0 Å². The summed E-state index contributed by atoms with van der Waals surface area (Å²) in [5.74, 6) is 0. The number of hydrogen-bond donors (Lipinski definition) is 0. The van der Waals surface area contributed by atoms with Crippen LogP contribution in [0, 0.1) is 0 Å². The first-order valence-corrected chi connectivity index (χ1v) is 3.34. The molecule has 0 amide bonds. The molecule has 0 N–H and O–H groups in total. The molecule has 0 unspecified atom stereocenters. The third-order valence-electron chi connectivity index (χ3n) is 1.77. The van der Waals surface area contributed by atoms with Crippen molar-refractivity contribution in [3.05, 3.63) is 0 Å². The van der Waals surface area contributed by atoms with Gasteiger partial charge in [-0.3, -0.25) is 0 Å². The third kappa shape index (κ3) is 1.01. The highest BCUT2D eigenvalue weighted by Crippen LogP contribution is 2.28. The standard InChI is InChI=1S/C3H5N.C3H6N/c1-3-2-4(1)3;1-2-4-3-1/h3H,1-2H2;1-3H2/q+1;. The van der Waals surface area contributed by atoms with Crippen molar-refractivity contribution in [2.75, 3.05) is 26.2 Å². The van der Waals surface area contributed by atoms with Crippen molar-refractivity contribution in [2.24, 2.45) is 0 Å². The van der Waals surface area contributed by atoms with Gasteiger partial charge in [-0.15, -0.1) is 4.90 Å². The van der Waals surface area contributed by atoms with E-state index in [1.165, 1.54) is 19.5 Å². The van der Waals surface area contributed by atoms with Crippen LogP contribution in [-0.4, -0.2) is 32.2 Å². The molecule has 0 aromatic heterocycles. The van der Waals surface area contributed by atoms with Crippen LogP contribution in [0.2, 0.25) is 0 Å². The second kappa shape index (κ2) is 1.71. The summed E-state index contributed by atoms with van der Waals surface area (Å²) in [6.45, 7) is 5.08. The highest BCUT2D eigenvalue weighted by molar-refractivity contribution is 5.14. The lowest BCUT2D eigenvalue weighted by Gasteiger charge is -2.06. The normalized spacial score (nSPS) is 45.0. The number of nitrogens with zero attached hydrogens (tertiary/aromatic N) is 2. The van der Waals surface area contributed by atoms with Gasteiger partial charge in [-0.1, -0.05) is 0 Å². The second-order valence-corrected chi connectivity index (χ2v) is 2.63. The fraction of sp³-hybridized carbons (Fsp3) is 1.00. The van der Waals surface area contributed by atoms with Gasteiger partial charge in [0.1, 0.15) is 0 Å². The number of rotatable bonds is 0. The molecule has 8 heavy (non-hydrogen) atoms. The zero-order chi connectivity index (χ0) is 5.40. The summed E-state index contributed by atoms with van der Waals surface area (Å²) in [4.78, 5) is 2.42. The lowest BCUT2D eigenvalue weighted by Crippen LogP contribution is -2.21. The lowest BCUT2D eigenvalue weighted by molar-refractivity contribution is 0.515. The average Bonchev–Trinajstić information content (AvgIpc) is 1.90. The summed E-state index contributed by atoms with van der Waals surface area (Å²) in [7, 11) is 0. The zero-order valence-corrected chi connectivity index (χ0v) is 5.01. The molecule has 3 rings (SSSR count). The van der Waals surface area contributed by atoms with Crippen LogP contribution in [-0.2, 0) is 0 Å². The van der Waals surface area contributed by atoms with Gasteiger partial charge < -0.3 is 0 Å². The van der Waals surface area contributed by atoms with E-state index in [1.54, 1.807) is 0 Å². The molecule has 3 heterocycles. The summed E-state index contributed by atoms with van der Waals surface area (Å²) in [5.41, 5.74) is 0. The van der Waals surface area contributed by atoms with Crippen LogP contribution in [0.25, 0.3) is 0 Å². The van der Waals surface area contributed by atoms with Gasteiger partial charge in [0, 0.05) is 13.1 Å². The Morgan fingerprint density at radius 2 is 1.50 bits per heavy atom. The van der Waals surface area contributed by atoms with E-state index in [2.05, 4.69) is 10.2 Å². The van der Waals surface area contributed by atoms with Crippen LogP contribution < -0.4 is 10.2 Å². The predicted octanol–water partition coefficient (Wildman–Crippen LogP) is -0.483. The Hall–Kier alpha value is -0.0800. The van der Waals surface area contributed by atoms with Crippen molar-refractivity contribution >= 4 is 0 Å². The first kappa shape index (κ1) is 4.77. The molecule has 44 valence electrons. The molecule has 0 bridgehead atoms. The Bertz CT molecular complexity index is 72.5. The van der Waals surface area contributed by atoms with Crippen LogP contribution in [0.1, 0.15) is 6.42 Å². The summed E-state index contributed by atoms with van der Waals surface area (Å²) < 4.78 is 0. The summed E-state index contributed by atoms with van der Waals surface area (Å²) in [5, 5.41) is 3.92. The molecule has 2 nitrogen and oxygen atoms in total. The second-order valence-electron chi connectivity index (χ2n) is 2.63. The quantitative estimate of drug-likeness (QED) is 0.297. The molecule has 3 fully saturated rings. The molecular formula is C6H11N2+. The summed E-state index contributed by atoms with van der Waals surface area (Å²) in [6, 6.07) is 1.08. The largest absolute Gasteiger partial charge is 0.242 e. The van der Waals surface area contributed by atoms with Crippen LogP contribution in [0.4, 0.5) is 0 Å². The van der Waals surface area contributed by atoms with E-state index in [0.717, 1.165) is 19.1 Å². The molecule has 2 radical (unpaired) electrons. The zero-order valence-electron chi connectivity index (χ0n) is 5.01. The van der Waals surface area contributed by atoms with Crippen LogP contribution in [0.5, 0.6) is 0 Å². The van der Waals surface area contributed by atoms with Crippen LogP contribution in [0.15, 0.2) is 0 Å². The van der Waals surface area contributed by atoms with E-state index < -0.39 is 0 Å². The van der Waals surface area contributed by atoms with Gasteiger partial charge in [-0.25, -0.2) is 5.32 Å². The van der Waals surface area contributed by atoms with Gasteiger partial charge in [0.05, 0.1) is 0 Å². The Kier molecular flexibility index (Phi) is 1.02. The first-order chi connectivity index (χ1) is 3.97. The molecule has 0 saturated carbocycles. The van der Waals surface area contributed by atoms with Crippen molar-refractivity contribution < 1.29 is 0 Å². The number of fused-ring (bicyclic) bond motifs is 1. The predicted molar refractivity (Wildman–Crippen MR) is 32.1 cm³/mol. The van der Waals surface area contributed by atoms with Crippen LogP contribution in [0.3, 0.4) is 0 Å². The maximum atomic E-state index is 3.92. The van der Waals surface area contributed by atoms with E-state index in [9.17, 15) is 0 Å². The van der Waals surface area contributed by atoms with Gasteiger partial charge in [-0.2, -0.15) is 0 Å². The minimum absolute atomic E-state index is 1.08. The highest BCUT2D eigenvalue weighted by Gasteiger charge is 2.67. The summed E-state index contributed by atoms with van der Waals surface area (Å²) in [6.07, 6.45) is 1.33. The van der Waals surface area contributed by atoms with Gasteiger partial charge in [0.2, 0.25) is 6.04 Å². The maximum absolute atomic E-state index is 3.92. The Morgan fingerprint density at radius 3 is 1.50 bits per heavy atom. The minimum Gasteiger partial charge on any atom is -0.242 e. The summed E-state index contributed by atoms with van der Waals surface area (Å²) >= 11 is 0. The number of hydrogen-bond acceptors (Lipinski definition) is 1. The van der Waals surface area contributed by atoms with E-state index in [1.807, 2.05) is 0 Å². The van der Waals surface area contributed by atoms with Gasteiger partial charge in [0.15, 0.2) is 13.1 Å². The van der Waals surface area contributed by atoms with E-state index in [-0.39, 0.29) is 0 Å². The molecule has 0 atom stereocenters. The molecule has 2 heteroatoms. The lowest BCUT2D eigenvalue weighted by atomic mass is 10.3. The molecule has 3 aliphatic heterocycles. The van der Waals surface area contributed by atoms with E-state index >= 15 is 0 Å². The minimum atomic E-state index is 1.08. The molecule has 0 aromatic rings. The highest BCUT2D eigenvalue weighted by atomic mass is 15.5. The molecule has 0 spiro atoms. The molecule has 0 aliphatic carbocycles. The monoisotopic (exact) mass is 111 g/mol. The van der Waals surface area contributed by atoms with Crippen molar-refractivity contribution in [3.8, 4) is 0 Å². The Labute approximate surface area is 49.9 Å². The Balaban J connectivity index is 0.0000000675. The van der Waals surface area contributed by atoms with Crippen molar-refractivity contribution in [2.45, 2.75) is 12.5 Å². The third-order valence-corrected chi connectivity index (χ3v) is 1.77. The van der Waals surface area contributed by atoms with Gasteiger partial charge >= 0.3 is 0 Å². The van der Waals surface area contributed by atoms with Gasteiger partial charge in [0.25, 0.3) is 0 Å². The Morgan fingerprint density at radius 1 is 1.25 bits per heavy atom. The van der Waals surface area contributed by atoms with Crippen molar-refractivity contribution in [1.82, 2.24) is 10.2 Å². The van der Waals surface area contributed by atoms with E-state index in [0.29, 0.717) is 0 Å².